The van der Waals surface area contributed by atoms with Crippen LogP contribution in [0.1, 0.15) is 10.5 Å². The van der Waals surface area contributed by atoms with Gasteiger partial charge in [-0.3, -0.25) is 9.52 Å². The van der Waals surface area contributed by atoms with Gasteiger partial charge in [-0.15, -0.1) is 11.3 Å². The Bertz CT molecular complexity index is 1060. The second kappa shape index (κ2) is 7.45. The number of hydrogen-bond donors (Lipinski definition) is 2. The van der Waals surface area contributed by atoms with Crippen LogP contribution in [0.2, 0.25) is 5.02 Å². The molecule has 26 heavy (non-hydrogen) atoms. The van der Waals surface area contributed by atoms with E-state index in [0.29, 0.717) is 21.4 Å². The lowest BCUT2D eigenvalue weighted by molar-refractivity contribution is 0.102. The van der Waals surface area contributed by atoms with Crippen LogP contribution in [0.5, 0.6) is 0 Å². The molecule has 0 aliphatic rings. The van der Waals surface area contributed by atoms with Crippen molar-refractivity contribution >= 4 is 50.2 Å². The molecule has 0 aliphatic carbocycles. The highest BCUT2D eigenvalue weighted by atomic mass is 35.5. The molecule has 3 aromatic rings. The monoisotopic (exact) mass is 407 g/mol. The molecule has 1 amide bonds. The predicted octanol–water partition coefficient (Wildman–Crippen LogP) is 4.09. The van der Waals surface area contributed by atoms with E-state index in [9.17, 15) is 13.2 Å². The zero-order valence-electron chi connectivity index (χ0n) is 13.6. The van der Waals surface area contributed by atoms with Gasteiger partial charge in [-0.1, -0.05) is 29.8 Å². The van der Waals surface area contributed by atoms with Crippen LogP contribution in [0.15, 0.2) is 53.9 Å². The third kappa shape index (κ3) is 4.81. The van der Waals surface area contributed by atoms with Crippen LogP contribution >= 0.6 is 22.9 Å². The molecule has 0 unspecified atom stereocenters. The molecule has 134 valence electrons. The van der Waals surface area contributed by atoms with E-state index in [1.165, 1.54) is 17.4 Å². The lowest BCUT2D eigenvalue weighted by Gasteiger charge is -2.07. The number of nitrogens with one attached hydrogen (secondary N) is 2. The fourth-order valence-corrected chi connectivity index (χ4v) is 3.74. The highest BCUT2D eigenvalue weighted by Crippen LogP contribution is 2.26. The fourth-order valence-electron chi connectivity index (χ4n) is 2.20. The van der Waals surface area contributed by atoms with Crippen molar-refractivity contribution in [3.05, 3.63) is 64.6 Å². The summed E-state index contributed by atoms with van der Waals surface area (Å²) in [5, 5.41) is 5.64. The van der Waals surface area contributed by atoms with Gasteiger partial charge in [0.2, 0.25) is 10.0 Å². The first kappa shape index (κ1) is 18.4. The molecule has 0 atom stereocenters. The highest BCUT2D eigenvalue weighted by Gasteiger charge is 2.13. The molecule has 0 spiro atoms. The van der Waals surface area contributed by atoms with Crippen LogP contribution in [0.3, 0.4) is 0 Å². The van der Waals surface area contributed by atoms with Gasteiger partial charge in [0.15, 0.2) is 0 Å². The van der Waals surface area contributed by atoms with E-state index in [0.717, 1.165) is 11.8 Å². The summed E-state index contributed by atoms with van der Waals surface area (Å²) in [7, 11) is -3.39. The maximum atomic E-state index is 12.4. The van der Waals surface area contributed by atoms with E-state index in [2.05, 4.69) is 15.0 Å². The minimum atomic E-state index is -3.39. The zero-order valence-corrected chi connectivity index (χ0v) is 16.0. The number of sulfonamides is 1. The molecule has 0 fully saturated rings. The molecule has 6 nitrogen and oxygen atoms in total. The largest absolute Gasteiger partial charge is 0.321 e. The first-order valence-electron chi connectivity index (χ1n) is 7.41. The van der Waals surface area contributed by atoms with E-state index in [-0.39, 0.29) is 11.6 Å². The van der Waals surface area contributed by atoms with Crippen LogP contribution in [-0.2, 0) is 10.0 Å². The molecule has 3 rings (SSSR count). The molecule has 2 N–H and O–H groups in total. The normalized spacial score (nSPS) is 11.2. The Labute approximate surface area is 159 Å². The molecule has 1 aromatic heterocycles. The second-order valence-corrected chi connectivity index (χ2v) is 8.50. The predicted molar refractivity (Wildman–Crippen MR) is 105 cm³/mol. The Morgan fingerprint density at radius 1 is 1.12 bits per heavy atom. The van der Waals surface area contributed by atoms with Crippen molar-refractivity contribution in [2.24, 2.45) is 0 Å². The molecule has 9 heteroatoms. The summed E-state index contributed by atoms with van der Waals surface area (Å²) in [6.45, 7) is 0. The van der Waals surface area contributed by atoms with Crippen LogP contribution in [0.4, 0.5) is 11.4 Å². The van der Waals surface area contributed by atoms with Gasteiger partial charge < -0.3 is 5.32 Å². The summed E-state index contributed by atoms with van der Waals surface area (Å²) >= 11 is 7.32. The van der Waals surface area contributed by atoms with Crippen molar-refractivity contribution in [2.45, 2.75) is 0 Å². The maximum Gasteiger partial charge on any atom is 0.275 e. The molecular weight excluding hydrogens is 394 g/mol. The Balaban J connectivity index is 1.76. The van der Waals surface area contributed by atoms with E-state index < -0.39 is 10.0 Å². The van der Waals surface area contributed by atoms with Crippen molar-refractivity contribution in [1.82, 2.24) is 4.98 Å². The number of nitrogens with zero attached hydrogens (tertiary/aromatic N) is 1. The number of carbonyl (C=O) groups is 1. The second-order valence-electron chi connectivity index (χ2n) is 5.46. The molecule has 1 heterocycles. The van der Waals surface area contributed by atoms with Crippen molar-refractivity contribution in [1.29, 1.82) is 0 Å². The molecule has 0 bridgehead atoms. The SMILES string of the molecule is CS(=O)(=O)Nc1cccc(NC(=O)c2csc(-c3cccc(Cl)c3)n2)c1. The van der Waals surface area contributed by atoms with Crippen molar-refractivity contribution in [3.63, 3.8) is 0 Å². The number of rotatable bonds is 5. The number of anilines is 2. The quantitative estimate of drug-likeness (QED) is 0.666. The van der Waals surface area contributed by atoms with Gasteiger partial charge in [0, 0.05) is 21.7 Å². The first-order chi connectivity index (χ1) is 12.3. The number of benzene rings is 2. The van der Waals surface area contributed by atoms with Crippen molar-refractivity contribution in [3.8, 4) is 10.6 Å². The number of hydrogen-bond acceptors (Lipinski definition) is 5. The highest BCUT2D eigenvalue weighted by molar-refractivity contribution is 7.92. The van der Waals surface area contributed by atoms with Crippen LogP contribution in [0, 0.1) is 0 Å². The van der Waals surface area contributed by atoms with E-state index in [1.807, 2.05) is 12.1 Å². The maximum absolute atomic E-state index is 12.4. The lowest BCUT2D eigenvalue weighted by atomic mass is 10.2. The Hall–Kier alpha value is -2.42. The van der Waals surface area contributed by atoms with E-state index >= 15 is 0 Å². The molecule has 0 saturated heterocycles. The van der Waals surface area contributed by atoms with Crippen molar-refractivity contribution in [2.75, 3.05) is 16.3 Å². The van der Waals surface area contributed by atoms with Gasteiger partial charge in [0.05, 0.1) is 11.9 Å². The van der Waals surface area contributed by atoms with Gasteiger partial charge in [0.1, 0.15) is 10.7 Å². The molecule has 0 aliphatic heterocycles. The van der Waals surface area contributed by atoms with E-state index in [4.69, 9.17) is 11.6 Å². The first-order valence-corrected chi connectivity index (χ1v) is 10.6. The molecular formula is C17H14ClN3O3S2. The Morgan fingerprint density at radius 2 is 1.85 bits per heavy atom. The average Bonchev–Trinajstić information content (AvgIpc) is 3.03. The van der Waals surface area contributed by atoms with Gasteiger partial charge in [-0.2, -0.15) is 0 Å². The number of thiazole rings is 1. The standard InChI is InChI=1S/C17H14ClN3O3S2/c1-26(23,24)21-14-7-3-6-13(9-14)19-16(22)15-10-25-17(20-15)11-4-2-5-12(18)8-11/h2-10,21H,1H3,(H,19,22). The summed E-state index contributed by atoms with van der Waals surface area (Å²) in [5.74, 6) is -0.383. The summed E-state index contributed by atoms with van der Waals surface area (Å²) in [5.41, 5.74) is 1.93. The Kier molecular flexibility index (Phi) is 5.26. The van der Waals surface area contributed by atoms with Gasteiger partial charge in [-0.25, -0.2) is 13.4 Å². The summed E-state index contributed by atoms with van der Waals surface area (Å²) < 4.78 is 25.0. The lowest BCUT2D eigenvalue weighted by Crippen LogP contribution is -2.13. The minimum absolute atomic E-state index is 0.270. The number of halogens is 1. The average molecular weight is 408 g/mol. The Morgan fingerprint density at radius 3 is 2.58 bits per heavy atom. The number of aromatic nitrogens is 1. The van der Waals surface area contributed by atoms with Crippen LogP contribution < -0.4 is 10.0 Å². The number of amides is 1. The third-order valence-corrected chi connectivity index (χ3v) is 4.97. The summed E-state index contributed by atoms with van der Waals surface area (Å²) in [4.78, 5) is 16.7. The minimum Gasteiger partial charge on any atom is -0.321 e. The molecule has 0 saturated carbocycles. The summed E-state index contributed by atoms with van der Waals surface area (Å²) in [6.07, 6.45) is 1.06. The van der Waals surface area contributed by atoms with Crippen LogP contribution in [0.25, 0.3) is 10.6 Å². The van der Waals surface area contributed by atoms with Gasteiger partial charge in [0.25, 0.3) is 5.91 Å². The van der Waals surface area contributed by atoms with Gasteiger partial charge in [-0.05, 0) is 30.3 Å². The number of carbonyl (C=O) groups excluding carboxylic acids is 1. The molecule has 0 radical (unpaired) electrons. The summed E-state index contributed by atoms with van der Waals surface area (Å²) in [6, 6.07) is 13.7. The van der Waals surface area contributed by atoms with Gasteiger partial charge >= 0.3 is 0 Å². The van der Waals surface area contributed by atoms with E-state index in [1.54, 1.807) is 35.7 Å². The smallest absolute Gasteiger partial charge is 0.275 e. The zero-order chi connectivity index (χ0) is 18.7. The fraction of sp³-hybridized carbons (Fsp3) is 0.0588. The topological polar surface area (TPSA) is 88.2 Å². The van der Waals surface area contributed by atoms with Crippen LogP contribution in [-0.4, -0.2) is 25.6 Å². The molecule has 2 aromatic carbocycles. The third-order valence-electron chi connectivity index (χ3n) is 3.23. The van der Waals surface area contributed by atoms with Crippen molar-refractivity contribution < 1.29 is 13.2 Å².